The summed E-state index contributed by atoms with van der Waals surface area (Å²) in [4.78, 5) is 47.3. The molecule has 0 spiro atoms. The van der Waals surface area contributed by atoms with Gasteiger partial charge in [0.05, 0.1) is 5.69 Å². The lowest BCUT2D eigenvalue weighted by Gasteiger charge is -2.16. The van der Waals surface area contributed by atoms with Crippen molar-refractivity contribution in [2.75, 3.05) is 11.4 Å². The molecule has 4 amide bonds. The van der Waals surface area contributed by atoms with Crippen molar-refractivity contribution >= 4 is 29.5 Å². The Morgan fingerprint density at radius 3 is 2.35 bits per heavy atom. The molecule has 0 saturated carbocycles. The molecule has 1 aromatic rings. The second-order valence-electron chi connectivity index (χ2n) is 4.50. The van der Waals surface area contributed by atoms with Crippen molar-refractivity contribution < 1.29 is 24.3 Å². The van der Waals surface area contributed by atoms with Gasteiger partial charge in [0.25, 0.3) is 0 Å². The first-order chi connectivity index (χ1) is 9.32. The molecule has 0 aromatic heterocycles. The largest absolute Gasteiger partial charge is 0.480 e. The van der Waals surface area contributed by atoms with Gasteiger partial charge in [0, 0.05) is 0 Å². The number of carboxylic acids is 1. The summed E-state index contributed by atoms with van der Waals surface area (Å²) in [6, 6.07) is 4.08. The molecule has 1 heterocycles. The molecule has 1 N–H and O–H groups in total. The smallest absolute Gasteiger partial charge is 0.339 e. The monoisotopic (exact) mass is 276 g/mol. The van der Waals surface area contributed by atoms with E-state index in [9.17, 15) is 19.2 Å². The average molecular weight is 276 g/mol. The number of anilines is 1. The molecule has 0 bridgehead atoms. The molecule has 0 unspecified atom stereocenters. The Hall–Kier alpha value is -2.70. The summed E-state index contributed by atoms with van der Waals surface area (Å²) in [5.74, 6) is -3.53. The molecule has 7 heteroatoms. The molecular weight excluding hydrogens is 264 g/mol. The van der Waals surface area contributed by atoms with Gasteiger partial charge in [0.1, 0.15) is 6.54 Å². The van der Waals surface area contributed by atoms with E-state index in [1.54, 1.807) is 25.1 Å². The first-order valence-corrected chi connectivity index (χ1v) is 5.82. The number of hydrogen-bond acceptors (Lipinski definition) is 4. The number of aryl methyl sites for hydroxylation is 2. The topological polar surface area (TPSA) is 95.0 Å². The molecule has 0 atom stereocenters. The summed E-state index contributed by atoms with van der Waals surface area (Å²) in [7, 11) is 0. The minimum absolute atomic E-state index is 0.284. The van der Waals surface area contributed by atoms with Gasteiger partial charge in [-0.05, 0) is 25.5 Å². The van der Waals surface area contributed by atoms with Crippen LogP contribution in [-0.4, -0.2) is 40.4 Å². The van der Waals surface area contributed by atoms with Crippen molar-refractivity contribution in [1.82, 2.24) is 4.90 Å². The van der Waals surface area contributed by atoms with Crippen molar-refractivity contribution in [2.45, 2.75) is 13.8 Å². The van der Waals surface area contributed by atoms with Crippen LogP contribution in [0.2, 0.25) is 0 Å². The van der Waals surface area contributed by atoms with E-state index in [1.165, 1.54) is 0 Å². The van der Waals surface area contributed by atoms with Crippen LogP contribution < -0.4 is 4.90 Å². The van der Waals surface area contributed by atoms with E-state index < -0.39 is 30.4 Å². The maximum Gasteiger partial charge on any atom is 0.339 e. The molecule has 1 aliphatic rings. The summed E-state index contributed by atoms with van der Waals surface area (Å²) in [5, 5.41) is 8.67. The molecule has 1 aromatic carbocycles. The van der Waals surface area contributed by atoms with E-state index in [0.717, 1.165) is 5.56 Å². The third kappa shape index (κ3) is 2.13. The van der Waals surface area contributed by atoms with Crippen LogP contribution in [0.3, 0.4) is 0 Å². The number of hydrogen-bond donors (Lipinski definition) is 1. The van der Waals surface area contributed by atoms with Gasteiger partial charge in [-0.3, -0.25) is 14.4 Å². The van der Waals surface area contributed by atoms with Crippen LogP contribution in [0.4, 0.5) is 10.5 Å². The highest BCUT2D eigenvalue weighted by Gasteiger charge is 2.46. The third-order valence-electron chi connectivity index (χ3n) is 2.94. The molecule has 0 radical (unpaired) electrons. The van der Waals surface area contributed by atoms with Crippen molar-refractivity contribution in [3.63, 3.8) is 0 Å². The number of carbonyl (C=O) groups is 4. The number of urea groups is 1. The van der Waals surface area contributed by atoms with Crippen LogP contribution in [-0.2, 0) is 14.4 Å². The summed E-state index contributed by atoms with van der Waals surface area (Å²) < 4.78 is 0. The van der Waals surface area contributed by atoms with Crippen LogP contribution in [0.5, 0.6) is 0 Å². The summed E-state index contributed by atoms with van der Waals surface area (Å²) in [5.41, 5.74) is 1.88. The molecular formula is C13H12N2O5. The number of benzene rings is 1. The quantitative estimate of drug-likeness (QED) is 0.647. The second-order valence-corrected chi connectivity index (χ2v) is 4.50. The molecule has 2 rings (SSSR count). The highest BCUT2D eigenvalue weighted by atomic mass is 16.4. The number of amides is 4. The fourth-order valence-corrected chi connectivity index (χ4v) is 2.05. The van der Waals surface area contributed by atoms with Gasteiger partial charge in [0.2, 0.25) is 0 Å². The molecule has 1 aliphatic heterocycles. The number of imide groups is 2. The SMILES string of the molecule is Cc1ccc(N2C(=O)C(=O)N(CC(=O)O)C2=O)c(C)c1. The van der Waals surface area contributed by atoms with Crippen LogP contribution in [0.25, 0.3) is 0 Å². The van der Waals surface area contributed by atoms with Gasteiger partial charge < -0.3 is 5.11 Å². The standard InChI is InChI=1S/C13H12N2O5/c1-7-3-4-9(8(2)5-7)15-12(19)11(18)14(13(15)20)6-10(16)17/h3-5H,6H2,1-2H3,(H,16,17). The lowest BCUT2D eigenvalue weighted by atomic mass is 10.1. The lowest BCUT2D eigenvalue weighted by Crippen LogP contribution is -2.37. The fraction of sp³-hybridized carbons (Fsp3) is 0.231. The predicted octanol–water partition coefficient (Wildman–Crippen LogP) is 0.683. The average Bonchev–Trinajstić information content (AvgIpc) is 2.55. The number of carboxylic acid groups (broad SMARTS) is 1. The van der Waals surface area contributed by atoms with Gasteiger partial charge in [-0.25, -0.2) is 14.6 Å². The zero-order chi connectivity index (χ0) is 15.0. The zero-order valence-corrected chi connectivity index (χ0v) is 10.9. The Kier molecular flexibility index (Phi) is 3.27. The van der Waals surface area contributed by atoms with Crippen molar-refractivity contribution in [3.8, 4) is 0 Å². The first-order valence-electron chi connectivity index (χ1n) is 5.82. The van der Waals surface area contributed by atoms with Crippen molar-refractivity contribution in [2.24, 2.45) is 0 Å². The fourth-order valence-electron chi connectivity index (χ4n) is 2.05. The van der Waals surface area contributed by atoms with Crippen LogP contribution >= 0.6 is 0 Å². The normalized spacial score (nSPS) is 15.2. The Balaban J connectivity index is 2.42. The molecule has 0 aliphatic carbocycles. The molecule has 1 saturated heterocycles. The summed E-state index contributed by atoms with van der Waals surface area (Å²) in [6.45, 7) is 2.73. The van der Waals surface area contributed by atoms with Crippen LogP contribution in [0, 0.1) is 13.8 Å². The minimum Gasteiger partial charge on any atom is -0.480 e. The van der Waals surface area contributed by atoms with Crippen LogP contribution in [0.15, 0.2) is 18.2 Å². The maximum atomic E-state index is 12.0. The van der Waals surface area contributed by atoms with E-state index >= 15 is 0 Å². The maximum absolute atomic E-state index is 12.0. The van der Waals surface area contributed by atoms with Crippen LogP contribution in [0.1, 0.15) is 11.1 Å². The molecule has 1 fully saturated rings. The first kappa shape index (κ1) is 13.7. The number of rotatable bonds is 3. The van der Waals surface area contributed by atoms with Gasteiger partial charge in [0.15, 0.2) is 0 Å². The predicted molar refractivity (Wildman–Crippen MR) is 68.1 cm³/mol. The minimum atomic E-state index is -1.36. The summed E-state index contributed by atoms with van der Waals surface area (Å²) in [6.07, 6.45) is 0. The number of aliphatic carboxylic acids is 1. The van der Waals surface area contributed by atoms with Gasteiger partial charge >= 0.3 is 23.8 Å². The van der Waals surface area contributed by atoms with Gasteiger partial charge in [-0.15, -0.1) is 0 Å². The number of carbonyl (C=O) groups excluding carboxylic acids is 3. The van der Waals surface area contributed by atoms with Crippen molar-refractivity contribution in [1.29, 1.82) is 0 Å². The van der Waals surface area contributed by atoms with Crippen molar-refractivity contribution in [3.05, 3.63) is 29.3 Å². The molecule has 7 nitrogen and oxygen atoms in total. The van der Waals surface area contributed by atoms with E-state index in [2.05, 4.69) is 0 Å². The lowest BCUT2D eigenvalue weighted by molar-refractivity contribution is -0.144. The summed E-state index contributed by atoms with van der Waals surface area (Å²) >= 11 is 0. The van der Waals surface area contributed by atoms with E-state index in [-0.39, 0.29) is 5.69 Å². The highest BCUT2D eigenvalue weighted by molar-refractivity contribution is 6.53. The Bertz CT molecular complexity index is 638. The highest BCUT2D eigenvalue weighted by Crippen LogP contribution is 2.26. The van der Waals surface area contributed by atoms with E-state index in [0.29, 0.717) is 15.4 Å². The third-order valence-corrected chi connectivity index (χ3v) is 2.94. The number of nitrogens with zero attached hydrogens (tertiary/aromatic N) is 2. The van der Waals surface area contributed by atoms with E-state index in [1.807, 2.05) is 6.92 Å². The van der Waals surface area contributed by atoms with Gasteiger partial charge in [-0.1, -0.05) is 17.7 Å². The second kappa shape index (κ2) is 4.76. The Morgan fingerprint density at radius 2 is 1.80 bits per heavy atom. The van der Waals surface area contributed by atoms with Gasteiger partial charge in [-0.2, -0.15) is 0 Å². The van der Waals surface area contributed by atoms with E-state index in [4.69, 9.17) is 5.11 Å². The molecule has 20 heavy (non-hydrogen) atoms. The Labute approximate surface area is 114 Å². The zero-order valence-electron chi connectivity index (χ0n) is 10.9. The Morgan fingerprint density at radius 1 is 1.15 bits per heavy atom. The molecule has 104 valence electrons.